The van der Waals surface area contributed by atoms with E-state index >= 15 is 0 Å². The first-order valence-corrected chi connectivity index (χ1v) is 6.22. The Bertz CT molecular complexity index is 536. The molecule has 0 saturated heterocycles. The van der Waals surface area contributed by atoms with Crippen LogP contribution in [0, 0.1) is 0 Å². The third-order valence-electron chi connectivity index (χ3n) is 2.08. The first-order valence-electron chi connectivity index (χ1n) is 4.86. The highest BCUT2D eigenvalue weighted by Gasteiger charge is 2.09. The molecule has 17 heavy (non-hydrogen) atoms. The molecule has 5 heteroatoms. The molecule has 0 bridgehead atoms. The average Bonchev–Trinajstić information content (AvgIpc) is 2.77. The van der Waals surface area contributed by atoms with Crippen molar-refractivity contribution in [3.8, 4) is 0 Å². The van der Waals surface area contributed by atoms with Crippen LogP contribution in [0.5, 0.6) is 0 Å². The Balaban J connectivity index is 2.02. The molecule has 1 N–H and O–H groups in total. The molecule has 0 aliphatic carbocycles. The van der Waals surface area contributed by atoms with Crippen LogP contribution >= 0.6 is 23.4 Å². The van der Waals surface area contributed by atoms with Gasteiger partial charge in [0.2, 0.25) is 5.76 Å². The summed E-state index contributed by atoms with van der Waals surface area (Å²) in [5.41, 5.74) is 0. The van der Waals surface area contributed by atoms with Crippen molar-refractivity contribution in [1.29, 1.82) is 0 Å². The van der Waals surface area contributed by atoms with Crippen molar-refractivity contribution in [2.24, 2.45) is 0 Å². The maximum atomic E-state index is 10.6. The standard InChI is InChI=1S/C12H9ClO3S/c13-9-3-1-2-4-11(9)17-7-8-5-6-10(16-8)12(14)15/h1-6H,7H2,(H,14,15). The Morgan fingerprint density at radius 2 is 2.06 bits per heavy atom. The molecule has 0 aliphatic rings. The number of halogens is 1. The molecule has 1 aromatic heterocycles. The number of rotatable bonds is 4. The molecular formula is C12H9ClO3S. The second kappa shape index (κ2) is 5.29. The van der Waals surface area contributed by atoms with Crippen molar-refractivity contribution < 1.29 is 14.3 Å². The topological polar surface area (TPSA) is 50.4 Å². The van der Waals surface area contributed by atoms with Crippen molar-refractivity contribution in [2.75, 3.05) is 0 Å². The highest BCUT2D eigenvalue weighted by molar-refractivity contribution is 7.98. The van der Waals surface area contributed by atoms with Crippen LogP contribution in [0.15, 0.2) is 45.7 Å². The van der Waals surface area contributed by atoms with E-state index < -0.39 is 5.97 Å². The number of hydrogen-bond donors (Lipinski definition) is 1. The molecule has 0 saturated carbocycles. The van der Waals surface area contributed by atoms with Crippen molar-refractivity contribution in [2.45, 2.75) is 10.6 Å². The molecule has 1 aromatic carbocycles. The monoisotopic (exact) mass is 268 g/mol. The van der Waals surface area contributed by atoms with Gasteiger partial charge >= 0.3 is 5.97 Å². The number of benzene rings is 1. The van der Waals surface area contributed by atoms with Gasteiger partial charge in [0.25, 0.3) is 0 Å². The summed E-state index contributed by atoms with van der Waals surface area (Å²) in [6.45, 7) is 0. The van der Waals surface area contributed by atoms with Crippen LogP contribution in [0.1, 0.15) is 16.3 Å². The minimum Gasteiger partial charge on any atom is -0.475 e. The molecule has 3 nitrogen and oxygen atoms in total. The van der Waals surface area contributed by atoms with Crippen LogP contribution in [0.2, 0.25) is 5.02 Å². The quantitative estimate of drug-likeness (QED) is 0.854. The van der Waals surface area contributed by atoms with Crippen molar-refractivity contribution in [1.82, 2.24) is 0 Å². The summed E-state index contributed by atoms with van der Waals surface area (Å²) in [6, 6.07) is 10.6. The number of carboxylic acid groups (broad SMARTS) is 1. The van der Waals surface area contributed by atoms with Gasteiger partial charge in [0.15, 0.2) is 0 Å². The minimum atomic E-state index is -1.06. The normalized spacial score (nSPS) is 10.4. The van der Waals surface area contributed by atoms with E-state index in [0.29, 0.717) is 16.5 Å². The second-order valence-electron chi connectivity index (χ2n) is 3.29. The molecule has 0 aliphatic heterocycles. The van der Waals surface area contributed by atoms with Crippen molar-refractivity contribution >= 4 is 29.3 Å². The van der Waals surface area contributed by atoms with Gasteiger partial charge in [0.05, 0.1) is 10.8 Å². The predicted molar refractivity (Wildman–Crippen MR) is 66.7 cm³/mol. The fraction of sp³-hybridized carbons (Fsp3) is 0.0833. The van der Waals surface area contributed by atoms with Gasteiger partial charge in [0, 0.05) is 4.90 Å². The van der Waals surface area contributed by atoms with Gasteiger partial charge in [-0.15, -0.1) is 11.8 Å². The SMILES string of the molecule is O=C(O)c1ccc(CSc2ccccc2Cl)o1. The number of aromatic carboxylic acids is 1. The number of furan rings is 1. The van der Waals surface area contributed by atoms with Gasteiger partial charge in [-0.3, -0.25) is 0 Å². The van der Waals surface area contributed by atoms with E-state index in [-0.39, 0.29) is 5.76 Å². The lowest BCUT2D eigenvalue weighted by atomic mass is 10.4. The highest BCUT2D eigenvalue weighted by Crippen LogP contribution is 2.29. The average molecular weight is 269 g/mol. The summed E-state index contributed by atoms with van der Waals surface area (Å²) in [5.74, 6) is 0.0721. The lowest BCUT2D eigenvalue weighted by Crippen LogP contribution is -1.91. The molecule has 0 unspecified atom stereocenters. The third-order valence-corrected chi connectivity index (χ3v) is 3.62. The summed E-state index contributed by atoms with van der Waals surface area (Å²) in [4.78, 5) is 11.6. The number of carboxylic acids is 1. The van der Waals surface area contributed by atoms with Gasteiger partial charge in [-0.1, -0.05) is 23.7 Å². The molecule has 0 fully saturated rings. The molecule has 0 radical (unpaired) electrons. The predicted octanol–water partition coefficient (Wildman–Crippen LogP) is 3.92. The van der Waals surface area contributed by atoms with E-state index in [0.717, 1.165) is 4.90 Å². The Labute approximate surface area is 107 Å². The highest BCUT2D eigenvalue weighted by atomic mass is 35.5. The van der Waals surface area contributed by atoms with Crippen LogP contribution in [0.3, 0.4) is 0 Å². The lowest BCUT2D eigenvalue weighted by Gasteiger charge is -2.01. The molecule has 0 atom stereocenters. The van der Waals surface area contributed by atoms with Crippen molar-refractivity contribution in [3.05, 3.63) is 52.9 Å². The first kappa shape index (κ1) is 12.1. The Kier molecular flexibility index (Phi) is 3.76. The van der Waals surface area contributed by atoms with Crippen LogP contribution in [0.4, 0.5) is 0 Å². The minimum absolute atomic E-state index is 0.0419. The van der Waals surface area contributed by atoms with E-state index in [4.69, 9.17) is 21.1 Å². The van der Waals surface area contributed by atoms with E-state index in [1.165, 1.54) is 17.8 Å². The van der Waals surface area contributed by atoms with Gasteiger partial charge in [-0.2, -0.15) is 0 Å². The number of carbonyl (C=O) groups is 1. The molecular weight excluding hydrogens is 260 g/mol. The van der Waals surface area contributed by atoms with Crippen LogP contribution in [-0.4, -0.2) is 11.1 Å². The van der Waals surface area contributed by atoms with E-state index in [2.05, 4.69) is 0 Å². The Hall–Kier alpha value is -1.39. The van der Waals surface area contributed by atoms with Gasteiger partial charge in [-0.25, -0.2) is 4.79 Å². The summed E-state index contributed by atoms with van der Waals surface area (Å²) in [7, 11) is 0. The van der Waals surface area contributed by atoms with Crippen LogP contribution in [0.25, 0.3) is 0 Å². The maximum absolute atomic E-state index is 10.6. The molecule has 2 rings (SSSR count). The molecule has 88 valence electrons. The Morgan fingerprint density at radius 1 is 1.29 bits per heavy atom. The zero-order valence-electron chi connectivity index (χ0n) is 8.72. The van der Waals surface area contributed by atoms with Crippen LogP contribution in [-0.2, 0) is 5.75 Å². The summed E-state index contributed by atoms with van der Waals surface area (Å²) >= 11 is 7.51. The van der Waals surface area contributed by atoms with Gasteiger partial charge in [0.1, 0.15) is 5.76 Å². The fourth-order valence-corrected chi connectivity index (χ4v) is 2.41. The number of hydrogen-bond acceptors (Lipinski definition) is 3. The summed E-state index contributed by atoms with van der Waals surface area (Å²) < 4.78 is 5.14. The maximum Gasteiger partial charge on any atom is 0.371 e. The third kappa shape index (κ3) is 3.05. The lowest BCUT2D eigenvalue weighted by molar-refractivity contribution is 0.0661. The summed E-state index contributed by atoms with van der Waals surface area (Å²) in [5, 5.41) is 9.39. The largest absolute Gasteiger partial charge is 0.475 e. The zero-order chi connectivity index (χ0) is 12.3. The molecule has 1 heterocycles. The molecule has 0 amide bonds. The smallest absolute Gasteiger partial charge is 0.371 e. The fourth-order valence-electron chi connectivity index (χ4n) is 1.28. The van der Waals surface area contributed by atoms with E-state index in [1.807, 2.05) is 24.3 Å². The van der Waals surface area contributed by atoms with E-state index in [1.54, 1.807) is 6.07 Å². The number of thioether (sulfide) groups is 1. The summed E-state index contributed by atoms with van der Waals surface area (Å²) in [6.07, 6.45) is 0. The molecule has 2 aromatic rings. The Morgan fingerprint density at radius 3 is 2.71 bits per heavy atom. The second-order valence-corrected chi connectivity index (χ2v) is 4.71. The van der Waals surface area contributed by atoms with Crippen molar-refractivity contribution in [3.63, 3.8) is 0 Å². The van der Waals surface area contributed by atoms with Gasteiger partial charge < -0.3 is 9.52 Å². The van der Waals surface area contributed by atoms with E-state index in [9.17, 15) is 4.79 Å². The first-order chi connectivity index (χ1) is 8.16. The molecule has 0 spiro atoms. The zero-order valence-corrected chi connectivity index (χ0v) is 10.3. The van der Waals surface area contributed by atoms with Gasteiger partial charge in [-0.05, 0) is 24.3 Å². The van der Waals surface area contributed by atoms with Crippen LogP contribution < -0.4 is 0 Å².